The number of benzene rings is 2. The van der Waals surface area contributed by atoms with Crippen LogP contribution >= 0.6 is 0 Å². The zero-order valence-corrected chi connectivity index (χ0v) is 14.2. The second-order valence-corrected chi connectivity index (χ2v) is 6.81. The molecule has 23 heavy (non-hydrogen) atoms. The summed E-state index contributed by atoms with van der Waals surface area (Å²) in [6.07, 6.45) is 4.33. The molecule has 0 radical (unpaired) electrons. The van der Waals surface area contributed by atoms with Crippen LogP contribution in [0.3, 0.4) is 0 Å². The van der Waals surface area contributed by atoms with Crippen molar-refractivity contribution >= 4 is 27.9 Å². The Bertz CT molecular complexity index is 977. The van der Waals surface area contributed by atoms with Crippen LogP contribution in [-0.4, -0.2) is 17.3 Å². The van der Waals surface area contributed by atoms with Crippen LogP contribution in [0.4, 0.5) is 0 Å². The first-order chi connectivity index (χ1) is 10.9. The summed E-state index contributed by atoms with van der Waals surface area (Å²) in [5.74, 6) is 1.87. The number of nitrogens with zero attached hydrogens (tertiary/aromatic N) is 1. The van der Waals surface area contributed by atoms with E-state index in [1.165, 1.54) is 27.4 Å². The van der Waals surface area contributed by atoms with Crippen LogP contribution in [0.2, 0.25) is 0 Å². The van der Waals surface area contributed by atoms with Gasteiger partial charge in [-0.15, -0.1) is 0 Å². The fraction of sp³-hybridized carbons (Fsp3) is 0.300. The predicted molar refractivity (Wildman–Crippen MR) is 95.5 cm³/mol. The fourth-order valence-corrected chi connectivity index (χ4v) is 3.52. The summed E-state index contributed by atoms with van der Waals surface area (Å²) >= 11 is 0. The average Bonchev–Trinajstić information content (AvgIpc) is 2.79. The second-order valence-electron chi connectivity index (χ2n) is 6.81. The highest BCUT2D eigenvalue weighted by Gasteiger charge is 2.26. The Hall–Kier alpha value is -2.42. The van der Waals surface area contributed by atoms with Crippen LogP contribution in [0, 0.1) is 6.92 Å². The van der Waals surface area contributed by atoms with Crippen LogP contribution < -0.4 is 9.47 Å². The van der Waals surface area contributed by atoms with Gasteiger partial charge in [0.05, 0.1) is 12.6 Å². The van der Waals surface area contributed by atoms with Crippen molar-refractivity contribution in [3.8, 4) is 11.5 Å². The lowest BCUT2D eigenvalue weighted by Crippen LogP contribution is -2.28. The Morgan fingerprint density at radius 2 is 1.91 bits per heavy atom. The number of rotatable bonds is 1. The lowest BCUT2D eigenvalue weighted by atomic mass is 9.97. The lowest BCUT2D eigenvalue weighted by molar-refractivity contribution is 0.158. The molecule has 0 aliphatic carbocycles. The van der Waals surface area contributed by atoms with Gasteiger partial charge in [-0.25, -0.2) is 0 Å². The molecule has 0 fully saturated rings. The minimum absolute atomic E-state index is 0.265. The van der Waals surface area contributed by atoms with E-state index in [1.807, 2.05) is 6.07 Å². The lowest BCUT2D eigenvalue weighted by Gasteiger charge is -2.29. The third-order valence-corrected chi connectivity index (χ3v) is 4.68. The summed E-state index contributed by atoms with van der Waals surface area (Å²) in [4.78, 5) is 0. The highest BCUT2D eigenvalue weighted by Crippen LogP contribution is 2.42. The number of ether oxygens (including phenoxy) is 2. The van der Waals surface area contributed by atoms with Gasteiger partial charge in [-0.1, -0.05) is 0 Å². The Morgan fingerprint density at radius 3 is 2.65 bits per heavy atom. The minimum Gasteiger partial charge on any atom is -0.497 e. The van der Waals surface area contributed by atoms with Crippen LogP contribution in [0.15, 0.2) is 30.3 Å². The number of methoxy groups -OCH3 is 1. The van der Waals surface area contributed by atoms with Crippen molar-refractivity contribution in [3.05, 3.63) is 41.5 Å². The van der Waals surface area contributed by atoms with Crippen molar-refractivity contribution in [1.82, 2.24) is 4.57 Å². The van der Waals surface area contributed by atoms with Gasteiger partial charge in [-0.3, -0.25) is 0 Å². The molecule has 3 heteroatoms. The van der Waals surface area contributed by atoms with E-state index in [0.717, 1.165) is 17.1 Å². The van der Waals surface area contributed by atoms with Gasteiger partial charge in [0.15, 0.2) is 0 Å². The van der Waals surface area contributed by atoms with E-state index in [-0.39, 0.29) is 5.60 Å². The van der Waals surface area contributed by atoms with Gasteiger partial charge in [0, 0.05) is 28.9 Å². The predicted octanol–water partition coefficient (Wildman–Crippen LogP) is 4.83. The smallest absolute Gasteiger partial charge is 0.132 e. The van der Waals surface area contributed by atoms with Crippen molar-refractivity contribution in [1.29, 1.82) is 0 Å². The van der Waals surface area contributed by atoms with Crippen LogP contribution in [0.25, 0.3) is 27.9 Å². The largest absolute Gasteiger partial charge is 0.497 e. The number of hydrogen-bond acceptors (Lipinski definition) is 2. The molecule has 2 heterocycles. The molecule has 2 aromatic carbocycles. The molecular weight excluding hydrogens is 286 g/mol. The molecular formula is C20H21NO2. The molecule has 0 bridgehead atoms. The van der Waals surface area contributed by atoms with Crippen molar-refractivity contribution in [2.75, 3.05) is 7.11 Å². The Balaban J connectivity index is 2.15. The first kappa shape index (κ1) is 14.2. The molecule has 4 rings (SSSR count). The molecule has 118 valence electrons. The Kier molecular flexibility index (Phi) is 2.80. The molecule has 1 aliphatic heterocycles. The van der Waals surface area contributed by atoms with E-state index in [0.29, 0.717) is 0 Å². The van der Waals surface area contributed by atoms with E-state index >= 15 is 0 Å². The molecule has 0 unspecified atom stereocenters. The maximum Gasteiger partial charge on any atom is 0.132 e. The van der Waals surface area contributed by atoms with Crippen LogP contribution in [0.1, 0.15) is 25.0 Å². The molecule has 1 aliphatic rings. The van der Waals surface area contributed by atoms with Gasteiger partial charge in [-0.05, 0) is 62.8 Å². The van der Waals surface area contributed by atoms with Gasteiger partial charge >= 0.3 is 0 Å². The molecule has 0 saturated heterocycles. The molecule has 0 N–H and O–H groups in total. The topological polar surface area (TPSA) is 23.4 Å². The standard InChI is InChI=1S/C20H21NO2/c1-12-10-16-15-11-13(22-5)6-7-17(15)21(4)18(16)14-8-9-20(2,3)23-19(12)14/h6-11H,1-5H3. The van der Waals surface area contributed by atoms with E-state index in [2.05, 4.69) is 62.7 Å². The highest BCUT2D eigenvalue weighted by molar-refractivity contribution is 6.12. The zero-order valence-electron chi connectivity index (χ0n) is 14.2. The second kappa shape index (κ2) is 4.54. The van der Waals surface area contributed by atoms with Gasteiger partial charge < -0.3 is 14.0 Å². The maximum atomic E-state index is 6.23. The van der Waals surface area contributed by atoms with Crippen molar-refractivity contribution in [2.24, 2.45) is 7.05 Å². The number of hydrogen-bond donors (Lipinski definition) is 0. The first-order valence-electron chi connectivity index (χ1n) is 7.89. The number of aromatic nitrogens is 1. The normalized spacial score (nSPS) is 15.7. The van der Waals surface area contributed by atoms with Crippen molar-refractivity contribution in [3.63, 3.8) is 0 Å². The minimum atomic E-state index is -0.265. The van der Waals surface area contributed by atoms with Gasteiger partial charge in [0.25, 0.3) is 0 Å². The molecule has 0 saturated carbocycles. The van der Waals surface area contributed by atoms with E-state index < -0.39 is 0 Å². The van der Waals surface area contributed by atoms with E-state index in [9.17, 15) is 0 Å². The molecule has 0 amide bonds. The van der Waals surface area contributed by atoms with Gasteiger partial charge in [0.2, 0.25) is 0 Å². The van der Waals surface area contributed by atoms with Crippen LogP contribution in [-0.2, 0) is 7.05 Å². The molecule has 0 atom stereocenters. The van der Waals surface area contributed by atoms with Crippen molar-refractivity contribution < 1.29 is 9.47 Å². The third-order valence-electron chi connectivity index (χ3n) is 4.68. The van der Waals surface area contributed by atoms with Crippen molar-refractivity contribution in [2.45, 2.75) is 26.4 Å². The monoisotopic (exact) mass is 307 g/mol. The fourth-order valence-electron chi connectivity index (χ4n) is 3.52. The molecule has 3 aromatic rings. The van der Waals surface area contributed by atoms with Crippen LogP contribution in [0.5, 0.6) is 11.5 Å². The van der Waals surface area contributed by atoms with E-state index in [1.54, 1.807) is 7.11 Å². The maximum absolute atomic E-state index is 6.23. The Labute approximate surface area is 136 Å². The number of fused-ring (bicyclic) bond motifs is 5. The van der Waals surface area contributed by atoms with Gasteiger partial charge in [0.1, 0.15) is 17.1 Å². The molecule has 3 nitrogen and oxygen atoms in total. The summed E-state index contributed by atoms with van der Waals surface area (Å²) < 4.78 is 13.9. The zero-order chi connectivity index (χ0) is 16.4. The SMILES string of the molecule is COc1ccc2c(c1)c1cc(C)c3c(c1n2C)C=CC(C)(C)O3. The van der Waals surface area contributed by atoms with E-state index in [4.69, 9.17) is 9.47 Å². The highest BCUT2D eigenvalue weighted by atomic mass is 16.5. The molecule has 0 spiro atoms. The first-order valence-corrected chi connectivity index (χ1v) is 7.89. The third kappa shape index (κ3) is 1.96. The summed E-state index contributed by atoms with van der Waals surface area (Å²) in [5, 5.41) is 2.46. The summed E-state index contributed by atoms with van der Waals surface area (Å²) in [6, 6.07) is 8.47. The van der Waals surface area contributed by atoms with Gasteiger partial charge in [-0.2, -0.15) is 0 Å². The quantitative estimate of drug-likeness (QED) is 0.642. The average molecular weight is 307 g/mol. The molecule has 1 aromatic heterocycles. The summed E-state index contributed by atoms with van der Waals surface area (Å²) in [5.41, 5.74) is 4.48. The summed E-state index contributed by atoms with van der Waals surface area (Å²) in [6.45, 7) is 6.29. The summed E-state index contributed by atoms with van der Waals surface area (Å²) in [7, 11) is 3.82. The Morgan fingerprint density at radius 1 is 1.13 bits per heavy atom. The number of aryl methyl sites for hydroxylation is 2.